The van der Waals surface area contributed by atoms with Crippen molar-refractivity contribution in [3.05, 3.63) is 58.9 Å². The number of carboxylic acids is 1. The summed E-state index contributed by atoms with van der Waals surface area (Å²) in [6.07, 6.45) is 3.10. The van der Waals surface area contributed by atoms with Crippen molar-refractivity contribution in [3.63, 3.8) is 0 Å². The Bertz CT molecular complexity index is 889. The molecule has 1 aromatic heterocycles. The van der Waals surface area contributed by atoms with Crippen LogP contribution < -0.4 is 5.32 Å². The number of carboxylic acid groups (broad SMARTS) is 1. The summed E-state index contributed by atoms with van der Waals surface area (Å²) in [7, 11) is 0. The first-order valence-electron chi connectivity index (χ1n) is 8.88. The first-order valence-corrected chi connectivity index (χ1v) is 8.88. The van der Waals surface area contributed by atoms with Crippen molar-refractivity contribution in [3.8, 4) is 0 Å². The maximum atomic E-state index is 12.8. The number of aromatic nitrogens is 1. The highest BCUT2D eigenvalue weighted by Crippen LogP contribution is 2.21. The van der Waals surface area contributed by atoms with Crippen molar-refractivity contribution < 1.29 is 19.5 Å². The molecule has 1 saturated heterocycles. The first-order chi connectivity index (χ1) is 13.0. The Hall–Kier alpha value is -3.22. The maximum absolute atomic E-state index is 12.8. The van der Waals surface area contributed by atoms with Gasteiger partial charge >= 0.3 is 5.97 Å². The molecule has 1 aliphatic heterocycles. The molecule has 1 aliphatic rings. The third-order valence-corrected chi connectivity index (χ3v) is 4.60. The van der Waals surface area contributed by atoms with Crippen LogP contribution in [0.2, 0.25) is 0 Å². The number of hydrogen-bond donors (Lipinski definition) is 2. The van der Waals surface area contributed by atoms with E-state index in [9.17, 15) is 14.4 Å². The molecule has 0 saturated carbocycles. The number of carbonyl (C=O) groups excluding carboxylic acids is 2. The lowest BCUT2D eigenvalue weighted by Gasteiger charge is -2.27. The van der Waals surface area contributed by atoms with Crippen LogP contribution in [-0.4, -0.2) is 45.9 Å². The second-order valence-corrected chi connectivity index (χ2v) is 6.49. The minimum atomic E-state index is -1.09. The van der Waals surface area contributed by atoms with Crippen LogP contribution in [0.5, 0.6) is 0 Å². The third kappa shape index (κ3) is 4.13. The number of pyridine rings is 1. The number of amides is 2. The van der Waals surface area contributed by atoms with Crippen molar-refractivity contribution >= 4 is 23.5 Å². The quantitative estimate of drug-likeness (QED) is 0.865. The summed E-state index contributed by atoms with van der Waals surface area (Å²) in [5.41, 5.74) is 1.25. The molecule has 2 aromatic rings. The van der Waals surface area contributed by atoms with E-state index in [1.165, 1.54) is 19.1 Å². The van der Waals surface area contributed by atoms with Crippen LogP contribution in [0.4, 0.5) is 5.69 Å². The van der Waals surface area contributed by atoms with E-state index < -0.39 is 11.9 Å². The van der Waals surface area contributed by atoms with E-state index in [0.717, 1.165) is 32.4 Å². The van der Waals surface area contributed by atoms with Crippen LogP contribution in [0.1, 0.15) is 56.2 Å². The van der Waals surface area contributed by atoms with Gasteiger partial charge in [-0.05, 0) is 50.5 Å². The van der Waals surface area contributed by atoms with Gasteiger partial charge in [-0.2, -0.15) is 0 Å². The zero-order valence-electron chi connectivity index (χ0n) is 15.1. The highest BCUT2D eigenvalue weighted by atomic mass is 16.4. The van der Waals surface area contributed by atoms with Crippen LogP contribution in [0.25, 0.3) is 0 Å². The van der Waals surface area contributed by atoms with Gasteiger partial charge in [-0.25, -0.2) is 9.78 Å². The number of hydrogen-bond acceptors (Lipinski definition) is 4. The smallest absolute Gasteiger partial charge is 0.337 e. The van der Waals surface area contributed by atoms with Gasteiger partial charge < -0.3 is 15.3 Å². The molecule has 3 rings (SSSR count). The molecule has 1 aromatic carbocycles. The lowest BCUT2D eigenvalue weighted by atomic mass is 10.1. The van der Waals surface area contributed by atoms with E-state index in [-0.39, 0.29) is 22.9 Å². The number of rotatable bonds is 4. The van der Waals surface area contributed by atoms with E-state index >= 15 is 0 Å². The fourth-order valence-electron chi connectivity index (χ4n) is 3.15. The number of benzene rings is 1. The lowest BCUT2D eigenvalue weighted by molar-refractivity contribution is 0.0692. The number of carbonyl (C=O) groups is 3. The minimum absolute atomic E-state index is 0.0484. The summed E-state index contributed by atoms with van der Waals surface area (Å²) >= 11 is 0. The Morgan fingerprint density at radius 2 is 1.70 bits per heavy atom. The fourth-order valence-corrected chi connectivity index (χ4v) is 3.15. The first kappa shape index (κ1) is 18.6. The maximum Gasteiger partial charge on any atom is 0.337 e. The van der Waals surface area contributed by atoms with Crippen molar-refractivity contribution in [2.24, 2.45) is 0 Å². The van der Waals surface area contributed by atoms with Gasteiger partial charge in [0.15, 0.2) is 0 Å². The number of nitrogens with one attached hydrogen (secondary N) is 1. The number of aromatic carboxylic acids is 1. The normalized spacial score (nSPS) is 13.9. The average Bonchev–Trinajstić information content (AvgIpc) is 2.68. The fraction of sp³-hybridized carbons (Fsp3) is 0.300. The van der Waals surface area contributed by atoms with Gasteiger partial charge in [0.25, 0.3) is 11.8 Å². The summed E-state index contributed by atoms with van der Waals surface area (Å²) in [5, 5.41) is 11.8. The molecule has 0 aliphatic carbocycles. The minimum Gasteiger partial charge on any atom is -0.478 e. The molecule has 2 N–H and O–H groups in total. The number of aryl methyl sites for hydroxylation is 1. The number of para-hydroxylation sites is 1. The van der Waals surface area contributed by atoms with E-state index in [1.807, 2.05) is 0 Å². The van der Waals surface area contributed by atoms with E-state index in [4.69, 9.17) is 5.11 Å². The topological polar surface area (TPSA) is 99.6 Å². The molecular formula is C20H21N3O4. The second-order valence-electron chi connectivity index (χ2n) is 6.49. The van der Waals surface area contributed by atoms with Crippen LogP contribution in [0.15, 0.2) is 36.4 Å². The largest absolute Gasteiger partial charge is 0.478 e. The number of likely N-dealkylation sites (tertiary alicyclic amines) is 1. The predicted octanol–water partition coefficient (Wildman–Crippen LogP) is 2.97. The zero-order chi connectivity index (χ0) is 19.4. The van der Waals surface area contributed by atoms with Crippen LogP contribution >= 0.6 is 0 Å². The molecule has 7 nitrogen and oxygen atoms in total. The highest BCUT2D eigenvalue weighted by molar-refractivity contribution is 6.08. The van der Waals surface area contributed by atoms with Gasteiger partial charge in [0.05, 0.1) is 22.5 Å². The van der Waals surface area contributed by atoms with Crippen molar-refractivity contribution in [1.82, 2.24) is 9.88 Å². The van der Waals surface area contributed by atoms with Crippen molar-refractivity contribution in [1.29, 1.82) is 0 Å². The Labute approximate surface area is 157 Å². The Morgan fingerprint density at radius 3 is 2.37 bits per heavy atom. The van der Waals surface area contributed by atoms with Crippen molar-refractivity contribution in [2.45, 2.75) is 26.2 Å². The second kappa shape index (κ2) is 7.99. The standard InChI is InChI=1S/C20H21N3O4/c1-13-14(20(26)27)9-10-17(21-13)18(24)22-16-8-4-3-7-15(16)19(25)23-11-5-2-6-12-23/h3-4,7-10H,2,5-6,11-12H2,1H3,(H,22,24)(H,26,27). The molecule has 7 heteroatoms. The number of nitrogens with zero attached hydrogens (tertiary/aromatic N) is 2. The number of anilines is 1. The molecule has 27 heavy (non-hydrogen) atoms. The SMILES string of the molecule is Cc1nc(C(=O)Nc2ccccc2C(=O)N2CCCCC2)ccc1C(=O)O. The Morgan fingerprint density at radius 1 is 1.00 bits per heavy atom. The van der Waals surface area contributed by atoms with E-state index in [2.05, 4.69) is 10.3 Å². The monoisotopic (exact) mass is 367 g/mol. The van der Waals surface area contributed by atoms with Crippen LogP contribution in [0, 0.1) is 6.92 Å². The lowest BCUT2D eigenvalue weighted by Crippen LogP contribution is -2.36. The van der Waals surface area contributed by atoms with Gasteiger partial charge in [0.2, 0.25) is 0 Å². The Balaban J connectivity index is 1.81. The molecule has 2 heterocycles. The molecule has 0 unspecified atom stereocenters. The molecular weight excluding hydrogens is 346 g/mol. The third-order valence-electron chi connectivity index (χ3n) is 4.60. The van der Waals surface area contributed by atoms with Crippen LogP contribution in [0.3, 0.4) is 0 Å². The zero-order valence-corrected chi connectivity index (χ0v) is 15.1. The molecule has 140 valence electrons. The van der Waals surface area contributed by atoms with Gasteiger partial charge in [-0.1, -0.05) is 12.1 Å². The van der Waals surface area contributed by atoms with Gasteiger partial charge in [-0.3, -0.25) is 9.59 Å². The molecule has 0 bridgehead atoms. The van der Waals surface area contributed by atoms with E-state index in [1.54, 1.807) is 29.2 Å². The van der Waals surface area contributed by atoms with E-state index in [0.29, 0.717) is 11.3 Å². The molecule has 0 atom stereocenters. The summed E-state index contributed by atoms with van der Waals surface area (Å²) < 4.78 is 0. The van der Waals surface area contributed by atoms with Crippen LogP contribution in [-0.2, 0) is 0 Å². The molecule has 2 amide bonds. The summed E-state index contributed by atoms with van der Waals surface area (Å²) in [6, 6.07) is 9.59. The molecule has 1 fully saturated rings. The molecule has 0 radical (unpaired) electrons. The predicted molar refractivity (Wildman–Crippen MR) is 100 cm³/mol. The van der Waals surface area contributed by atoms with Gasteiger partial charge in [-0.15, -0.1) is 0 Å². The average molecular weight is 367 g/mol. The molecule has 0 spiro atoms. The van der Waals surface area contributed by atoms with Gasteiger partial charge in [0.1, 0.15) is 5.69 Å². The van der Waals surface area contributed by atoms with Crippen molar-refractivity contribution in [2.75, 3.05) is 18.4 Å². The number of piperidine rings is 1. The van der Waals surface area contributed by atoms with Gasteiger partial charge in [0, 0.05) is 13.1 Å². The summed E-state index contributed by atoms with van der Waals surface area (Å²) in [6.45, 7) is 2.98. The summed E-state index contributed by atoms with van der Waals surface area (Å²) in [4.78, 5) is 42.3. The summed E-state index contributed by atoms with van der Waals surface area (Å²) in [5.74, 6) is -1.69. The highest BCUT2D eigenvalue weighted by Gasteiger charge is 2.22. The Kier molecular flexibility index (Phi) is 5.49.